The summed E-state index contributed by atoms with van der Waals surface area (Å²) in [4.78, 5) is 23.0. The molecular formula is C26H32O5S2. The molecule has 5 nitrogen and oxygen atoms in total. The lowest BCUT2D eigenvalue weighted by molar-refractivity contribution is -0.133. The van der Waals surface area contributed by atoms with Crippen molar-refractivity contribution in [2.24, 2.45) is 5.92 Å². The molecular weight excluding hydrogens is 456 g/mol. The van der Waals surface area contributed by atoms with E-state index in [1.165, 1.54) is 39.9 Å². The molecule has 0 saturated heterocycles. The molecule has 2 aromatic rings. The molecule has 2 aromatic carbocycles. The number of carboxylic acids is 1. The van der Waals surface area contributed by atoms with Crippen LogP contribution in [-0.4, -0.2) is 61.3 Å². The zero-order valence-electron chi connectivity index (χ0n) is 18.9. The summed E-state index contributed by atoms with van der Waals surface area (Å²) in [7, 11) is 0. The second-order valence-electron chi connectivity index (χ2n) is 8.76. The smallest absolute Gasteiger partial charge is 0.313 e. The Hall–Kier alpha value is -1.80. The van der Waals surface area contributed by atoms with Gasteiger partial charge in [-0.05, 0) is 54.0 Å². The number of rotatable bonds is 12. The summed E-state index contributed by atoms with van der Waals surface area (Å²) in [6.45, 7) is 1.76. The minimum atomic E-state index is -1.05. The van der Waals surface area contributed by atoms with Gasteiger partial charge in [0.1, 0.15) is 5.78 Å². The number of carbonyl (C=O) groups excluding carboxylic acids is 1. The molecule has 4 atom stereocenters. The molecule has 1 saturated carbocycles. The molecule has 0 heterocycles. The van der Waals surface area contributed by atoms with Crippen LogP contribution in [-0.2, 0) is 16.0 Å². The topological polar surface area (TPSA) is 94.8 Å². The highest BCUT2D eigenvalue weighted by Crippen LogP contribution is 2.35. The number of fused-ring (bicyclic) bond motifs is 1. The monoisotopic (exact) mass is 488 g/mol. The Balaban J connectivity index is 1.55. The van der Waals surface area contributed by atoms with E-state index in [0.717, 1.165) is 24.3 Å². The summed E-state index contributed by atoms with van der Waals surface area (Å²) < 4.78 is 0. The number of aliphatic hydroxyl groups excluding tert-OH is 1. The number of ketones is 1. The third-order valence-electron chi connectivity index (χ3n) is 5.94. The number of carboxylic acid groups (broad SMARTS) is 1. The van der Waals surface area contributed by atoms with Crippen molar-refractivity contribution in [1.29, 1.82) is 0 Å². The van der Waals surface area contributed by atoms with E-state index < -0.39 is 17.7 Å². The number of benzene rings is 2. The van der Waals surface area contributed by atoms with E-state index in [4.69, 9.17) is 5.11 Å². The minimum absolute atomic E-state index is 0.0377. The van der Waals surface area contributed by atoms with Crippen LogP contribution in [0, 0.1) is 5.92 Å². The number of hydrogen-bond acceptors (Lipinski definition) is 6. The molecule has 0 aromatic heterocycles. The summed E-state index contributed by atoms with van der Waals surface area (Å²) in [5.74, 6) is 0.447. The number of aryl methyl sites for hydroxylation is 1. The average molecular weight is 489 g/mol. The van der Waals surface area contributed by atoms with E-state index in [2.05, 4.69) is 24.3 Å². The lowest BCUT2D eigenvalue weighted by Crippen LogP contribution is -2.25. The van der Waals surface area contributed by atoms with Crippen LogP contribution >= 0.6 is 23.5 Å². The Morgan fingerprint density at radius 1 is 1.18 bits per heavy atom. The number of aliphatic carboxylic acids is 1. The van der Waals surface area contributed by atoms with Gasteiger partial charge in [0.05, 0.1) is 22.7 Å². The number of thioether (sulfide) groups is 2. The van der Waals surface area contributed by atoms with Crippen molar-refractivity contribution in [3.05, 3.63) is 60.2 Å². The first-order valence-corrected chi connectivity index (χ1v) is 13.5. The van der Waals surface area contributed by atoms with Crippen LogP contribution in [0.2, 0.25) is 0 Å². The van der Waals surface area contributed by atoms with Gasteiger partial charge in [-0.1, -0.05) is 54.6 Å². The lowest BCUT2D eigenvalue weighted by atomic mass is 9.92. The number of aliphatic hydroxyl groups is 2. The maximum atomic E-state index is 12.4. The fraction of sp³-hybridized carbons (Fsp3) is 0.462. The van der Waals surface area contributed by atoms with Gasteiger partial charge in [-0.25, -0.2) is 0 Å². The van der Waals surface area contributed by atoms with Gasteiger partial charge in [-0.3, -0.25) is 9.59 Å². The normalized spacial score (nSPS) is 22.8. The minimum Gasteiger partial charge on any atom is -0.481 e. The van der Waals surface area contributed by atoms with Crippen LogP contribution in [0.5, 0.6) is 0 Å². The zero-order chi connectivity index (χ0) is 23.8. The SMILES string of the molecule is CC(O)(C=C[C@@H]1C(SCCCSCC(=O)O)C(=O)C[C@H]1O)CCc1cccc2ccccc12. The Morgan fingerprint density at radius 2 is 1.94 bits per heavy atom. The molecule has 7 heteroatoms. The Morgan fingerprint density at radius 3 is 2.73 bits per heavy atom. The van der Waals surface area contributed by atoms with E-state index in [0.29, 0.717) is 6.42 Å². The molecule has 0 bridgehead atoms. The average Bonchev–Trinajstić information content (AvgIpc) is 3.05. The van der Waals surface area contributed by atoms with Gasteiger partial charge >= 0.3 is 5.97 Å². The maximum Gasteiger partial charge on any atom is 0.313 e. The molecule has 3 N–H and O–H groups in total. The van der Waals surface area contributed by atoms with Crippen LogP contribution in [0.25, 0.3) is 10.8 Å². The molecule has 33 heavy (non-hydrogen) atoms. The van der Waals surface area contributed by atoms with Crippen molar-refractivity contribution in [2.75, 3.05) is 17.3 Å². The third-order valence-corrected chi connectivity index (χ3v) is 8.42. The van der Waals surface area contributed by atoms with Crippen molar-refractivity contribution in [2.45, 2.75) is 49.6 Å². The van der Waals surface area contributed by atoms with Crippen LogP contribution in [0.15, 0.2) is 54.6 Å². The van der Waals surface area contributed by atoms with Crippen LogP contribution in [0.1, 0.15) is 31.7 Å². The molecule has 0 spiro atoms. The summed E-state index contributed by atoms with van der Waals surface area (Å²) >= 11 is 2.89. The van der Waals surface area contributed by atoms with Gasteiger partial charge in [0.25, 0.3) is 0 Å². The summed E-state index contributed by atoms with van der Waals surface area (Å²) in [6.07, 6.45) is 5.02. The van der Waals surface area contributed by atoms with Crippen molar-refractivity contribution < 1.29 is 24.9 Å². The van der Waals surface area contributed by atoms with Crippen molar-refractivity contribution in [3.63, 3.8) is 0 Å². The Kier molecular flexibility index (Phi) is 9.44. The molecule has 178 valence electrons. The second-order valence-corrected chi connectivity index (χ2v) is 11.1. The first-order chi connectivity index (χ1) is 15.8. The highest BCUT2D eigenvalue weighted by molar-refractivity contribution is 8.01. The number of hydrogen-bond donors (Lipinski definition) is 3. The van der Waals surface area contributed by atoms with Gasteiger partial charge < -0.3 is 15.3 Å². The summed E-state index contributed by atoms with van der Waals surface area (Å²) in [5.41, 5.74) is 0.136. The van der Waals surface area contributed by atoms with Gasteiger partial charge in [0, 0.05) is 12.3 Å². The standard InChI is InChI=1S/C26H32O5S2/c1-26(31,12-10-19-8-4-7-18-6-2-3-9-20(18)19)13-11-21-22(27)16-23(28)25(21)33-15-5-14-32-17-24(29)30/h2-4,6-9,11,13,21-22,25,27,31H,5,10,12,14-17H2,1H3,(H,29,30)/t21-,22+,25?,26?/m0/s1. The number of carbonyl (C=O) groups is 2. The maximum absolute atomic E-state index is 12.4. The van der Waals surface area contributed by atoms with Crippen LogP contribution in [0.4, 0.5) is 0 Å². The van der Waals surface area contributed by atoms with Crippen molar-refractivity contribution in [3.8, 4) is 0 Å². The fourth-order valence-electron chi connectivity index (χ4n) is 4.14. The van der Waals surface area contributed by atoms with Gasteiger partial charge in [0.2, 0.25) is 0 Å². The predicted molar refractivity (Wildman–Crippen MR) is 137 cm³/mol. The molecule has 0 amide bonds. The van der Waals surface area contributed by atoms with E-state index in [1.54, 1.807) is 13.0 Å². The second kappa shape index (κ2) is 12.1. The van der Waals surface area contributed by atoms with E-state index in [9.17, 15) is 19.8 Å². The predicted octanol–water partition coefficient (Wildman–Crippen LogP) is 4.34. The van der Waals surface area contributed by atoms with Crippen molar-refractivity contribution >= 4 is 46.0 Å². The highest BCUT2D eigenvalue weighted by atomic mass is 32.2. The van der Waals surface area contributed by atoms with Gasteiger partial charge in [0.15, 0.2) is 0 Å². The highest BCUT2D eigenvalue weighted by Gasteiger charge is 2.40. The lowest BCUT2D eigenvalue weighted by Gasteiger charge is -2.22. The van der Waals surface area contributed by atoms with Gasteiger partial charge in [-0.15, -0.1) is 11.8 Å². The van der Waals surface area contributed by atoms with E-state index in [-0.39, 0.29) is 29.1 Å². The summed E-state index contributed by atoms with van der Waals surface area (Å²) in [5, 5.41) is 32.1. The van der Waals surface area contributed by atoms with Gasteiger partial charge in [-0.2, -0.15) is 11.8 Å². The Bertz CT molecular complexity index is 982. The quantitative estimate of drug-likeness (QED) is 0.302. The third kappa shape index (κ3) is 7.60. The van der Waals surface area contributed by atoms with E-state index in [1.807, 2.05) is 24.3 Å². The molecule has 0 radical (unpaired) electrons. The molecule has 3 rings (SSSR count). The molecule has 0 aliphatic heterocycles. The van der Waals surface area contributed by atoms with Crippen LogP contribution in [0.3, 0.4) is 0 Å². The Labute approximate surface area is 203 Å². The van der Waals surface area contributed by atoms with Crippen LogP contribution < -0.4 is 0 Å². The first-order valence-electron chi connectivity index (χ1n) is 11.3. The fourth-order valence-corrected chi connectivity index (χ4v) is 6.33. The zero-order valence-corrected chi connectivity index (χ0v) is 20.5. The molecule has 1 fully saturated rings. The molecule has 2 unspecified atom stereocenters. The molecule has 1 aliphatic carbocycles. The van der Waals surface area contributed by atoms with E-state index >= 15 is 0 Å². The summed E-state index contributed by atoms with van der Waals surface area (Å²) in [6, 6.07) is 14.4. The molecule has 1 aliphatic rings. The van der Waals surface area contributed by atoms with Crippen molar-refractivity contribution in [1.82, 2.24) is 0 Å². The largest absolute Gasteiger partial charge is 0.481 e. The number of Topliss-reactive ketones (excluding diaryl/α,β-unsaturated/α-hetero) is 1. The first kappa shape index (κ1) is 25.8.